The predicted octanol–water partition coefficient (Wildman–Crippen LogP) is 3.58. The van der Waals surface area contributed by atoms with Crippen LogP contribution in [-0.4, -0.2) is 17.6 Å². The van der Waals surface area contributed by atoms with Gasteiger partial charge in [-0.1, -0.05) is 5.16 Å². The van der Waals surface area contributed by atoms with Gasteiger partial charge in [-0.15, -0.1) is 11.3 Å². The Hall–Kier alpha value is -1.73. The SMILES string of the molecule is CCOc1cc(C(N)=NO)ccc1OCc1ccc(Br)s1. The molecule has 0 spiro atoms. The molecule has 1 aromatic carbocycles. The van der Waals surface area contributed by atoms with Gasteiger partial charge in [-0.05, 0) is 53.2 Å². The van der Waals surface area contributed by atoms with Crippen LogP contribution in [-0.2, 0) is 6.61 Å². The summed E-state index contributed by atoms with van der Waals surface area (Å²) >= 11 is 5.04. The second kappa shape index (κ2) is 7.33. The molecule has 1 heterocycles. The van der Waals surface area contributed by atoms with Gasteiger partial charge in [0.15, 0.2) is 17.3 Å². The van der Waals surface area contributed by atoms with Crippen molar-refractivity contribution in [2.75, 3.05) is 6.61 Å². The molecule has 0 saturated carbocycles. The van der Waals surface area contributed by atoms with Crippen molar-refractivity contribution in [1.82, 2.24) is 0 Å². The molecule has 0 aliphatic carbocycles. The predicted molar refractivity (Wildman–Crippen MR) is 86.5 cm³/mol. The molecule has 7 heteroatoms. The number of thiophene rings is 1. The van der Waals surface area contributed by atoms with Crippen molar-refractivity contribution in [3.05, 3.63) is 44.6 Å². The van der Waals surface area contributed by atoms with E-state index in [0.717, 1.165) is 8.66 Å². The molecule has 0 radical (unpaired) electrons. The monoisotopic (exact) mass is 370 g/mol. The number of nitrogens with zero attached hydrogens (tertiary/aromatic N) is 1. The Morgan fingerprint density at radius 1 is 1.29 bits per heavy atom. The van der Waals surface area contributed by atoms with Gasteiger partial charge in [0.25, 0.3) is 0 Å². The molecule has 0 bridgehead atoms. The molecule has 0 aliphatic heterocycles. The van der Waals surface area contributed by atoms with Crippen LogP contribution in [0.15, 0.2) is 39.3 Å². The summed E-state index contributed by atoms with van der Waals surface area (Å²) in [6.07, 6.45) is 0. The van der Waals surface area contributed by atoms with Crippen LogP contribution in [0.3, 0.4) is 0 Å². The molecule has 0 atom stereocenters. The molecular formula is C14H15BrN2O3S. The number of benzene rings is 1. The molecule has 2 rings (SSSR count). The Labute approximate surface area is 135 Å². The Morgan fingerprint density at radius 3 is 2.71 bits per heavy atom. The molecule has 0 saturated heterocycles. The quantitative estimate of drug-likeness (QED) is 0.352. The molecule has 112 valence electrons. The Bertz CT molecular complexity index is 643. The van der Waals surface area contributed by atoms with Gasteiger partial charge in [0.05, 0.1) is 10.4 Å². The number of nitrogens with two attached hydrogens (primary N) is 1. The maximum absolute atomic E-state index is 8.72. The Balaban J connectivity index is 2.17. The summed E-state index contributed by atoms with van der Waals surface area (Å²) in [5.41, 5.74) is 6.15. The van der Waals surface area contributed by atoms with Crippen LogP contribution in [0, 0.1) is 0 Å². The topological polar surface area (TPSA) is 77.1 Å². The van der Waals surface area contributed by atoms with Crippen molar-refractivity contribution in [3.8, 4) is 11.5 Å². The van der Waals surface area contributed by atoms with Crippen molar-refractivity contribution in [2.45, 2.75) is 13.5 Å². The second-order valence-electron chi connectivity index (χ2n) is 4.07. The third-order valence-corrected chi connectivity index (χ3v) is 4.24. The third kappa shape index (κ3) is 4.12. The van der Waals surface area contributed by atoms with E-state index in [0.29, 0.717) is 30.3 Å². The fourth-order valence-electron chi connectivity index (χ4n) is 1.69. The molecule has 0 fully saturated rings. The van der Waals surface area contributed by atoms with Gasteiger partial charge in [0, 0.05) is 10.4 Å². The van der Waals surface area contributed by atoms with Crippen LogP contribution >= 0.6 is 27.3 Å². The summed E-state index contributed by atoms with van der Waals surface area (Å²) < 4.78 is 12.4. The first kappa shape index (κ1) is 15.7. The number of rotatable bonds is 6. The lowest BCUT2D eigenvalue weighted by molar-refractivity contribution is 0.271. The second-order valence-corrected chi connectivity index (χ2v) is 6.62. The normalized spacial score (nSPS) is 11.4. The zero-order valence-corrected chi connectivity index (χ0v) is 13.8. The molecule has 0 amide bonds. The minimum absolute atomic E-state index is 0.0321. The molecule has 2 aromatic rings. The Kier molecular flexibility index (Phi) is 5.46. The summed E-state index contributed by atoms with van der Waals surface area (Å²) in [6.45, 7) is 2.84. The van der Waals surface area contributed by atoms with Crippen LogP contribution in [0.5, 0.6) is 11.5 Å². The van der Waals surface area contributed by atoms with Crippen LogP contribution < -0.4 is 15.2 Å². The van der Waals surface area contributed by atoms with Gasteiger partial charge in [0.1, 0.15) is 6.61 Å². The van der Waals surface area contributed by atoms with Crippen molar-refractivity contribution in [3.63, 3.8) is 0 Å². The highest BCUT2D eigenvalue weighted by Crippen LogP contribution is 2.30. The fourth-order valence-corrected chi connectivity index (χ4v) is 3.09. The molecule has 5 nitrogen and oxygen atoms in total. The molecular weight excluding hydrogens is 356 g/mol. The lowest BCUT2D eigenvalue weighted by Gasteiger charge is -2.12. The van der Waals surface area contributed by atoms with E-state index in [-0.39, 0.29) is 5.84 Å². The van der Waals surface area contributed by atoms with E-state index in [9.17, 15) is 0 Å². The number of ether oxygens (including phenoxy) is 2. The van der Waals surface area contributed by atoms with E-state index < -0.39 is 0 Å². The van der Waals surface area contributed by atoms with E-state index >= 15 is 0 Å². The number of oxime groups is 1. The summed E-state index contributed by atoms with van der Waals surface area (Å²) in [7, 11) is 0. The molecule has 1 aromatic heterocycles. The summed E-state index contributed by atoms with van der Waals surface area (Å²) in [6, 6.07) is 9.14. The van der Waals surface area contributed by atoms with Crippen molar-refractivity contribution >= 4 is 33.1 Å². The van der Waals surface area contributed by atoms with Crippen molar-refractivity contribution < 1.29 is 14.7 Å². The minimum atomic E-state index is 0.0321. The lowest BCUT2D eigenvalue weighted by atomic mass is 10.2. The van der Waals surface area contributed by atoms with Crippen LogP contribution in [0.1, 0.15) is 17.4 Å². The first-order valence-electron chi connectivity index (χ1n) is 6.25. The maximum atomic E-state index is 8.72. The summed E-state index contributed by atoms with van der Waals surface area (Å²) in [4.78, 5) is 1.10. The smallest absolute Gasteiger partial charge is 0.170 e. The van der Waals surface area contributed by atoms with E-state index in [2.05, 4.69) is 21.1 Å². The highest BCUT2D eigenvalue weighted by atomic mass is 79.9. The maximum Gasteiger partial charge on any atom is 0.170 e. The molecule has 21 heavy (non-hydrogen) atoms. The highest BCUT2D eigenvalue weighted by molar-refractivity contribution is 9.11. The first-order chi connectivity index (χ1) is 10.1. The van der Waals surface area contributed by atoms with Gasteiger partial charge >= 0.3 is 0 Å². The van der Waals surface area contributed by atoms with E-state index in [4.69, 9.17) is 20.4 Å². The number of hydrogen-bond acceptors (Lipinski definition) is 5. The van der Waals surface area contributed by atoms with Crippen LogP contribution in [0.4, 0.5) is 0 Å². The molecule has 3 N–H and O–H groups in total. The lowest BCUT2D eigenvalue weighted by Crippen LogP contribution is -2.13. The van der Waals surface area contributed by atoms with Crippen LogP contribution in [0.25, 0.3) is 0 Å². The average molecular weight is 371 g/mol. The van der Waals surface area contributed by atoms with Gasteiger partial charge in [-0.25, -0.2) is 0 Å². The van der Waals surface area contributed by atoms with Gasteiger partial charge in [0.2, 0.25) is 0 Å². The average Bonchev–Trinajstić information content (AvgIpc) is 2.91. The summed E-state index contributed by atoms with van der Waals surface area (Å²) in [5, 5.41) is 11.7. The zero-order valence-electron chi connectivity index (χ0n) is 11.4. The minimum Gasteiger partial charge on any atom is -0.490 e. The number of halogens is 1. The largest absolute Gasteiger partial charge is 0.490 e. The van der Waals surface area contributed by atoms with Crippen LogP contribution in [0.2, 0.25) is 0 Å². The van der Waals surface area contributed by atoms with Gasteiger partial charge in [-0.3, -0.25) is 0 Å². The Morgan fingerprint density at radius 2 is 2.10 bits per heavy atom. The van der Waals surface area contributed by atoms with Gasteiger partial charge in [-0.2, -0.15) is 0 Å². The van der Waals surface area contributed by atoms with E-state index in [1.165, 1.54) is 0 Å². The van der Waals surface area contributed by atoms with E-state index in [1.807, 2.05) is 19.1 Å². The zero-order chi connectivity index (χ0) is 15.2. The number of hydrogen-bond donors (Lipinski definition) is 2. The first-order valence-corrected chi connectivity index (χ1v) is 7.86. The third-order valence-electron chi connectivity index (χ3n) is 2.65. The van der Waals surface area contributed by atoms with Crippen molar-refractivity contribution in [2.24, 2.45) is 10.9 Å². The van der Waals surface area contributed by atoms with E-state index in [1.54, 1.807) is 29.5 Å². The summed E-state index contributed by atoms with van der Waals surface area (Å²) in [5.74, 6) is 1.22. The number of amidine groups is 1. The van der Waals surface area contributed by atoms with Crippen molar-refractivity contribution in [1.29, 1.82) is 0 Å². The standard InChI is InChI=1S/C14H15BrN2O3S/c1-2-19-12-7-9(14(16)17-18)3-5-11(12)20-8-10-4-6-13(15)21-10/h3-7,18H,2,8H2,1H3,(H2,16,17). The highest BCUT2D eigenvalue weighted by Gasteiger charge is 2.10. The van der Waals surface area contributed by atoms with Gasteiger partial charge < -0.3 is 20.4 Å². The molecule has 0 unspecified atom stereocenters. The molecule has 0 aliphatic rings. The fraction of sp³-hybridized carbons (Fsp3) is 0.214.